The van der Waals surface area contributed by atoms with E-state index >= 15 is 0 Å². The summed E-state index contributed by atoms with van der Waals surface area (Å²) in [4.78, 5) is 11.2. The lowest BCUT2D eigenvalue weighted by atomic mass is 9.82. The van der Waals surface area contributed by atoms with Crippen molar-refractivity contribution < 1.29 is 4.92 Å². The minimum Gasteiger partial charge on any atom is -0.309 e. The van der Waals surface area contributed by atoms with Crippen LogP contribution >= 0.6 is 11.3 Å². The van der Waals surface area contributed by atoms with E-state index in [1.807, 2.05) is 6.07 Å². The van der Waals surface area contributed by atoms with Crippen molar-refractivity contribution in [2.45, 2.75) is 32.4 Å². The fraction of sp³-hybridized carbons (Fsp3) is 0.600. The maximum atomic E-state index is 10.5. The maximum absolute atomic E-state index is 10.5. The zero-order chi connectivity index (χ0) is 10.8. The molecule has 0 spiro atoms. The quantitative estimate of drug-likeness (QED) is 0.634. The summed E-state index contributed by atoms with van der Waals surface area (Å²) >= 11 is 1.26. The molecule has 0 atom stereocenters. The summed E-state index contributed by atoms with van der Waals surface area (Å²) in [5.41, 5.74) is 0. The van der Waals surface area contributed by atoms with Gasteiger partial charge in [-0.05, 0) is 24.8 Å². The van der Waals surface area contributed by atoms with Gasteiger partial charge in [0.1, 0.15) is 0 Å². The number of thiophene rings is 1. The Morgan fingerprint density at radius 1 is 1.60 bits per heavy atom. The van der Waals surface area contributed by atoms with Crippen LogP contribution in [0.15, 0.2) is 12.1 Å². The molecule has 1 heterocycles. The van der Waals surface area contributed by atoms with Gasteiger partial charge >= 0.3 is 5.00 Å². The van der Waals surface area contributed by atoms with Gasteiger partial charge in [0.25, 0.3) is 0 Å². The van der Waals surface area contributed by atoms with Gasteiger partial charge in [0, 0.05) is 23.5 Å². The lowest BCUT2D eigenvalue weighted by molar-refractivity contribution is -0.380. The van der Waals surface area contributed by atoms with E-state index in [1.165, 1.54) is 24.2 Å². The highest BCUT2D eigenvalue weighted by Crippen LogP contribution is 2.28. The lowest BCUT2D eigenvalue weighted by Crippen LogP contribution is -2.39. The van der Waals surface area contributed by atoms with Crippen molar-refractivity contribution in [1.29, 1.82) is 0 Å². The number of hydrogen-bond acceptors (Lipinski definition) is 4. The van der Waals surface area contributed by atoms with Gasteiger partial charge in [-0.15, -0.1) is 0 Å². The van der Waals surface area contributed by atoms with Crippen LogP contribution in [-0.2, 0) is 6.54 Å². The normalized spacial score (nSPS) is 24.9. The molecule has 0 unspecified atom stereocenters. The maximum Gasteiger partial charge on any atom is 0.324 e. The van der Waals surface area contributed by atoms with Gasteiger partial charge in [-0.2, -0.15) is 0 Å². The smallest absolute Gasteiger partial charge is 0.309 e. The second-order valence-electron chi connectivity index (χ2n) is 4.15. The molecule has 1 aromatic rings. The molecule has 0 aromatic carbocycles. The fourth-order valence-electron chi connectivity index (χ4n) is 1.87. The predicted molar refractivity (Wildman–Crippen MR) is 60.0 cm³/mol. The van der Waals surface area contributed by atoms with Gasteiger partial charge in [0.05, 0.1) is 4.92 Å². The van der Waals surface area contributed by atoms with Crippen molar-refractivity contribution in [3.05, 3.63) is 27.1 Å². The largest absolute Gasteiger partial charge is 0.324 e. The third-order valence-corrected chi connectivity index (χ3v) is 3.80. The van der Waals surface area contributed by atoms with E-state index < -0.39 is 0 Å². The van der Waals surface area contributed by atoms with Crippen molar-refractivity contribution in [3.63, 3.8) is 0 Å². The van der Waals surface area contributed by atoms with E-state index in [0.29, 0.717) is 6.04 Å². The molecule has 5 heteroatoms. The fourth-order valence-corrected chi connectivity index (χ4v) is 2.64. The number of nitro groups is 1. The molecule has 0 bridgehead atoms. The summed E-state index contributed by atoms with van der Waals surface area (Å²) < 4.78 is 0. The molecule has 0 radical (unpaired) electrons. The van der Waals surface area contributed by atoms with Crippen molar-refractivity contribution in [2.75, 3.05) is 0 Å². The average Bonchev–Trinajstić information content (AvgIpc) is 2.59. The number of nitrogens with zero attached hydrogens (tertiary/aromatic N) is 1. The van der Waals surface area contributed by atoms with Crippen LogP contribution in [0, 0.1) is 16.0 Å². The Hall–Kier alpha value is -0.940. The number of hydrogen-bond donors (Lipinski definition) is 1. The highest BCUT2D eigenvalue weighted by molar-refractivity contribution is 7.15. The summed E-state index contributed by atoms with van der Waals surface area (Å²) in [5.74, 6) is 0.833. The van der Waals surface area contributed by atoms with Crippen molar-refractivity contribution >= 4 is 16.3 Å². The number of rotatable bonds is 4. The predicted octanol–water partition coefficient (Wildman–Crippen LogP) is 2.54. The Labute approximate surface area is 92.5 Å². The summed E-state index contributed by atoms with van der Waals surface area (Å²) in [6.07, 6.45) is 2.46. The zero-order valence-corrected chi connectivity index (χ0v) is 9.42. The molecule has 2 rings (SSSR count). The van der Waals surface area contributed by atoms with Crippen LogP contribution in [0.25, 0.3) is 0 Å². The Bertz CT molecular complexity index is 358. The molecular weight excluding hydrogens is 212 g/mol. The first kappa shape index (κ1) is 10.6. The van der Waals surface area contributed by atoms with Gasteiger partial charge in [0.2, 0.25) is 0 Å². The molecule has 1 N–H and O–H groups in total. The molecule has 0 aliphatic heterocycles. The van der Waals surface area contributed by atoms with Gasteiger partial charge in [0.15, 0.2) is 0 Å². The van der Waals surface area contributed by atoms with Gasteiger partial charge in [-0.3, -0.25) is 10.1 Å². The molecule has 1 aromatic heterocycles. The first-order chi connectivity index (χ1) is 7.15. The van der Waals surface area contributed by atoms with E-state index in [-0.39, 0.29) is 9.92 Å². The summed E-state index contributed by atoms with van der Waals surface area (Å²) in [6.45, 7) is 3.00. The average molecular weight is 226 g/mol. The van der Waals surface area contributed by atoms with Crippen LogP contribution in [-0.4, -0.2) is 11.0 Å². The van der Waals surface area contributed by atoms with E-state index in [1.54, 1.807) is 6.07 Å². The zero-order valence-electron chi connectivity index (χ0n) is 8.60. The Morgan fingerprint density at radius 3 is 2.87 bits per heavy atom. The minimum atomic E-state index is -0.334. The first-order valence-electron chi connectivity index (χ1n) is 5.11. The van der Waals surface area contributed by atoms with Crippen molar-refractivity contribution in [2.24, 2.45) is 5.92 Å². The molecule has 0 saturated heterocycles. The van der Waals surface area contributed by atoms with E-state index in [9.17, 15) is 10.1 Å². The van der Waals surface area contributed by atoms with Crippen LogP contribution in [0.2, 0.25) is 0 Å². The summed E-state index contributed by atoms with van der Waals surface area (Å²) in [7, 11) is 0. The lowest BCUT2D eigenvalue weighted by Gasteiger charge is -2.33. The Kier molecular flexibility index (Phi) is 3.02. The van der Waals surface area contributed by atoms with E-state index in [0.717, 1.165) is 17.3 Å². The van der Waals surface area contributed by atoms with Crippen LogP contribution in [0.5, 0.6) is 0 Å². The topological polar surface area (TPSA) is 55.2 Å². The van der Waals surface area contributed by atoms with Crippen LogP contribution in [0.3, 0.4) is 0 Å². The van der Waals surface area contributed by atoms with Crippen molar-refractivity contribution in [1.82, 2.24) is 5.32 Å². The van der Waals surface area contributed by atoms with E-state index in [4.69, 9.17) is 0 Å². The van der Waals surface area contributed by atoms with Crippen LogP contribution in [0.4, 0.5) is 5.00 Å². The second-order valence-corrected chi connectivity index (χ2v) is 5.30. The molecule has 0 amide bonds. The third-order valence-electron chi connectivity index (χ3n) is 2.77. The molecule has 1 aliphatic carbocycles. The standard InChI is InChI=1S/C10H14N2O2S/c1-7-4-8(5-7)11-6-9-2-3-10(15-9)12(13)14/h2-3,7-8,11H,4-6H2,1H3. The highest BCUT2D eigenvalue weighted by atomic mass is 32.1. The molecule has 1 fully saturated rings. The molecule has 1 aliphatic rings. The van der Waals surface area contributed by atoms with Crippen LogP contribution in [0.1, 0.15) is 24.6 Å². The van der Waals surface area contributed by atoms with Gasteiger partial charge in [-0.1, -0.05) is 18.3 Å². The van der Waals surface area contributed by atoms with Crippen molar-refractivity contribution in [3.8, 4) is 0 Å². The Morgan fingerprint density at radius 2 is 2.33 bits per heavy atom. The summed E-state index contributed by atoms with van der Waals surface area (Å²) in [5, 5.41) is 14.1. The second kappa shape index (κ2) is 4.28. The monoisotopic (exact) mass is 226 g/mol. The SMILES string of the molecule is CC1CC(NCc2ccc([N+](=O)[O-])s2)C1. The minimum absolute atomic E-state index is 0.230. The first-order valence-corrected chi connectivity index (χ1v) is 5.93. The Balaban J connectivity index is 1.81. The number of nitrogens with one attached hydrogen (secondary N) is 1. The molecule has 15 heavy (non-hydrogen) atoms. The molecular formula is C10H14N2O2S. The van der Waals surface area contributed by atoms with Gasteiger partial charge in [-0.25, -0.2) is 0 Å². The molecule has 1 saturated carbocycles. The molecule has 4 nitrogen and oxygen atoms in total. The highest BCUT2D eigenvalue weighted by Gasteiger charge is 2.24. The molecule has 82 valence electrons. The van der Waals surface area contributed by atoms with Gasteiger partial charge < -0.3 is 5.32 Å². The third kappa shape index (κ3) is 2.54. The van der Waals surface area contributed by atoms with E-state index in [2.05, 4.69) is 12.2 Å². The summed E-state index contributed by atoms with van der Waals surface area (Å²) in [6, 6.07) is 4.02. The van der Waals surface area contributed by atoms with Crippen LogP contribution < -0.4 is 5.32 Å².